The molecular formula is C18H20N2O10S. The van der Waals surface area contributed by atoms with Crippen molar-refractivity contribution in [3.8, 4) is 0 Å². The first-order valence-corrected chi connectivity index (χ1v) is 10.2. The molecule has 0 saturated carbocycles. The molecule has 0 aromatic heterocycles. The van der Waals surface area contributed by atoms with E-state index < -0.39 is 39.6 Å². The second kappa shape index (κ2) is 11.0. The van der Waals surface area contributed by atoms with Gasteiger partial charge in [-0.15, -0.1) is 0 Å². The van der Waals surface area contributed by atoms with E-state index in [-0.39, 0.29) is 18.2 Å². The number of hydrogen-bond donors (Lipinski definition) is 4. The molecule has 0 spiro atoms. The summed E-state index contributed by atoms with van der Waals surface area (Å²) in [7, 11) is -4.71. The highest BCUT2D eigenvalue weighted by atomic mass is 32.2. The Kier molecular flexibility index (Phi) is 9.02. The minimum absolute atomic E-state index is 0.134. The van der Waals surface area contributed by atoms with Gasteiger partial charge in [0.25, 0.3) is 21.9 Å². The van der Waals surface area contributed by atoms with Crippen LogP contribution in [0.4, 0.5) is 5.69 Å². The van der Waals surface area contributed by atoms with Crippen LogP contribution in [-0.4, -0.2) is 58.1 Å². The molecule has 31 heavy (non-hydrogen) atoms. The zero-order valence-electron chi connectivity index (χ0n) is 16.0. The molecule has 1 heterocycles. The van der Waals surface area contributed by atoms with Crippen molar-refractivity contribution in [2.45, 2.75) is 30.9 Å². The molecule has 1 unspecified atom stereocenters. The fraction of sp³-hybridized carbons (Fsp3) is 0.278. The molecule has 0 saturated heterocycles. The smallest absolute Gasteiger partial charge is 0.305 e. The molecule has 12 nitrogen and oxygen atoms in total. The Labute approximate surface area is 176 Å². The molecule has 1 aromatic rings. The predicted molar refractivity (Wildman–Crippen MR) is 105 cm³/mol. The largest absolute Gasteiger partial charge is 0.481 e. The molecule has 3 amide bonds. The quantitative estimate of drug-likeness (QED) is 0.282. The maximum Gasteiger partial charge on any atom is 0.305 e. The summed E-state index contributed by atoms with van der Waals surface area (Å²) < 4.78 is 28.9. The minimum Gasteiger partial charge on any atom is -0.481 e. The number of benzene rings is 1. The third kappa shape index (κ3) is 8.36. The number of rotatable bonds is 9. The van der Waals surface area contributed by atoms with E-state index in [0.717, 1.165) is 10.5 Å². The fourth-order valence-electron chi connectivity index (χ4n) is 2.42. The number of carbonyl (C=O) groups is 5. The highest BCUT2D eigenvalue weighted by Gasteiger charge is 2.31. The van der Waals surface area contributed by atoms with Gasteiger partial charge in [0.05, 0.1) is 12.1 Å². The number of carbonyl (C=O) groups excluding carboxylic acids is 3. The third-order valence-electron chi connectivity index (χ3n) is 3.90. The van der Waals surface area contributed by atoms with Gasteiger partial charge in [-0.05, 0) is 30.5 Å². The lowest BCUT2D eigenvalue weighted by Crippen LogP contribution is -2.37. The van der Waals surface area contributed by atoms with Crippen LogP contribution >= 0.6 is 0 Å². The first-order chi connectivity index (χ1) is 14.3. The average molecular weight is 456 g/mol. The van der Waals surface area contributed by atoms with E-state index in [1.54, 1.807) is 24.3 Å². The van der Waals surface area contributed by atoms with E-state index in [2.05, 4.69) is 5.73 Å². The van der Waals surface area contributed by atoms with Crippen LogP contribution < -0.4 is 10.6 Å². The van der Waals surface area contributed by atoms with Crippen molar-refractivity contribution in [2.75, 3.05) is 4.90 Å². The van der Waals surface area contributed by atoms with Crippen LogP contribution in [0, 0.1) is 0 Å². The van der Waals surface area contributed by atoms with Crippen LogP contribution in [0.2, 0.25) is 0 Å². The summed E-state index contributed by atoms with van der Waals surface area (Å²) in [6.07, 6.45) is 2.81. The number of imide groups is 1. The monoisotopic (exact) mass is 456 g/mol. The summed E-state index contributed by atoms with van der Waals surface area (Å²) in [4.78, 5) is 54.7. The molecule has 1 aromatic carbocycles. The lowest BCUT2D eigenvalue weighted by atomic mass is 10.1. The third-order valence-corrected chi connectivity index (χ3v) is 5.01. The average Bonchev–Trinajstić information content (AvgIpc) is 2.98. The first-order valence-electron chi connectivity index (χ1n) is 8.67. The standard InChI is InChI=1S/C14H13NO4.C4H7NO6S/c16-12-8-9-13(17)15(12)11-6-4-10(5-7-11)2-1-3-14(18)19;5-4(8)2(1-3(6)7)12(9,10)11/h4-9H,1-3H2,(H,18,19);2H,1H2,(H2,5,8)(H,6,7)(H,9,10,11). The van der Waals surface area contributed by atoms with Crippen LogP contribution in [-0.2, 0) is 40.5 Å². The molecule has 0 bridgehead atoms. The summed E-state index contributed by atoms with van der Waals surface area (Å²) >= 11 is 0. The topological polar surface area (TPSA) is 209 Å². The molecular weight excluding hydrogens is 436 g/mol. The highest BCUT2D eigenvalue weighted by Crippen LogP contribution is 2.20. The molecule has 168 valence electrons. The van der Waals surface area contributed by atoms with Crippen LogP contribution in [0.1, 0.15) is 24.8 Å². The van der Waals surface area contributed by atoms with Crippen LogP contribution in [0.15, 0.2) is 36.4 Å². The Morgan fingerprint density at radius 2 is 1.48 bits per heavy atom. The summed E-state index contributed by atoms with van der Waals surface area (Å²) in [5.74, 6) is -4.42. The summed E-state index contributed by atoms with van der Waals surface area (Å²) in [5.41, 5.74) is 6.04. The second-order valence-corrected chi connectivity index (χ2v) is 7.86. The lowest BCUT2D eigenvalue weighted by Gasteiger charge is -2.14. The number of nitrogens with zero attached hydrogens (tertiary/aromatic N) is 1. The van der Waals surface area contributed by atoms with Crippen molar-refractivity contribution < 1.29 is 47.2 Å². The van der Waals surface area contributed by atoms with Crippen LogP contribution in [0.3, 0.4) is 0 Å². The normalized spacial score (nSPS) is 14.0. The number of primary amides is 1. The van der Waals surface area contributed by atoms with Crippen molar-refractivity contribution >= 4 is 45.5 Å². The maximum atomic E-state index is 11.5. The molecule has 0 aliphatic carbocycles. The molecule has 0 radical (unpaired) electrons. The molecule has 1 atom stereocenters. The van der Waals surface area contributed by atoms with Gasteiger partial charge in [0.2, 0.25) is 5.91 Å². The van der Waals surface area contributed by atoms with Gasteiger partial charge in [0.1, 0.15) is 0 Å². The zero-order valence-corrected chi connectivity index (χ0v) is 16.8. The maximum absolute atomic E-state index is 11.5. The van der Waals surface area contributed by atoms with Gasteiger partial charge in [0, 0.05) is 18.6 Å². The minimum atomic E-state index is -4.71. The fourth-order valence-corrected chi connectivity index (χ4v) is 3.07. The van der Waals surface area contributed by atoms with Gasteiger partial charge >= 0.3 is 11.9 Å². The number of nitrogens with two attached hydrogens (primary N) is 1. The summed E-state index contributed by atoms with van der Waals surface area (Å²) in [6, 6.07) is 6.99. The molecule has 1 aliphatic rings. The van der Waals surface area contributed by atoms with Gasteiger partial charge in [-0.1, -0.05) is 12.1 Å². The van der Waals surface area contributed by atoms with Gasteiger partial charge in [-0.25, -0.2) is 4.90 Å². The number of anilines is 1. The van der Waals surface area contributed by atoms with Gasteiger partial charge in [-0.2, -0.15) is 8.42 Å². The molecule has 0 fully saturated rings. The lowest BCUT2D eigenvalue weighted by molar-refractivity contribution is -0.138. The van der Waals surface area contributed by atoms with Gasteiger partial charge in [0.15, 0.2) is 5.25 Å². The van der Waals surface area contributed by atoms with Gasteiger partial charge in [-0.3, -0.25) is 28.5 Å². The number of hydrogen-bond acceptors (Lipinski definition) is 7. The van der Waals surface area contributed by atoms with Crippen molar-refractivity contribution in [3.63, 3.8) is 0 Å². The Bertz CT molecular complexity index is 981. The molecule has 2 rings (SSSR count). The second-order valence-electron chi connectivity index (χ2n) is 6.26. The van der Waals surface area contributed by atoms with Crippen molar-refractivity contribution in [3.05, 3.63) is 42.0 Å². The summed E-state index contributed by atoms with van der Waals surface area (Å²) in [5, 5.41) is 14.6. The van der Waals surface area contributed by atoms with E-state index in [1.165, 1.54) is 12.2 Å². The first kappa shape index (κ1) is 25.5. The SMILES string of the molecule is NC(=O)C(CC(=O)O)S(=O)(=O)O.O=C(O)CCCc1ccc(N2C(=O)C=CC2=O)cc1. The van der Waals surface area contributed by atoms with E-state index in [9.17, 15) is 32.4 Å². The van der Waals surface area contributed by atoms with Crippen LogP contribution in [0.5, 0.6) is 0 Å². The molecule has 13 heteroatoms. The number of aryl methyl sites for hydroxylation is 1. The summed E-state index contributed by atoms with van der Waals surface area (Å²) in [6.45, 7) is 0. The van der Waals surface area contributed by atoms with Crippen molar-refractivity contribution in [1.82, 2.24) is 0 Å². The molecule has 1 aliphatic heterocycles. The van der Waals surface area contributed by atoms with Crippen molar-refractivity contribution in [2.24, 2.45) is 5.73 Å². The number of carboxylic acid groups (broad SMARTS) is 2. The zero-order chi connectivity index (χ0) is 23.8. The van der Waals surface area contributed by atoms with E-state index in [4.69, 9.17) is 14.8 Å². The van der Waals surface area contributed by atoms with E-state index in [0.29, 0.717) is 18.5 Å². The number of amides is 3. The predicted octanol–water partition coefficient (Wildman–Crippen LogP) is -0.274. The number of carboxylic acids is 2. The number of aliphatic carboxylic acids is 2. The van der Waals surface area contributed by atoms with E-state index in [1.807, 2.05) is 0 Å². The van der Waals surface area contributed by atoms with Crippen LogP contribution in [0.25, 0.3) is 0 Å². The Morgan fingerprint density at radius 3 is 1.84 bits per heavy atom. The molecule has 5 N–H and O–H groups in total. The van der Waals surface area contributed by atoms with Gasteiger partial charge < -0.3 is 15.9 Å². The highest BCUT2D eigenvalue weighted by molar-refractivity contribution is 7.87. The Morgan fingerprint density at radius 1 is 0.968 bits per heavy atom. The van der Waals surface area contributed by atoms with E-state index >= 15 is 0 Å². The van der Waals surface area contributed by atoms with Crippen molar-refractivity contribution in [1.29, 1.82) is 0 Å². The Hall–Kier alpha value is -3.58. The Balaban J connectivity index is 0.000000348.